The van der Waals surface area contributed by atoms with Gasteiger partial charge in [-0.2, -0.15) is 0 Å². The first-order valence-electron chi connectivity index (χ1n) is 5.48. The summed E-state index contributed by atoms with van der Waals surface area (Å²) < 4.78 is 0. The van der Waals surface area contributed by atoms with Crippen molar-refractivity contribution in [1.82, 2.24) is 14.9 Å². The number of nitrogens with one attached hydrogen (secondary N) is 1. The summed E-state index contributed by atoms with van der Waals surface area (Å²) in [5.41, 5.74) is 1.26. The lowest BCUT2D eigenvalue weighted by molar-refractivity contribution is 0.250. The highest BCUT2D eigenvalue weighted by molar-refractivity contribution is 5.25. The van der Waals surface area contributed by atoms with Crippen LogP contribution < -0.4 is 5.32 Å². The van der Waals surface area contributed by atoms with Gasteiger partial charge in [0.15, 0.2) is 0 Å². The SMILES string of the molecule is CNc1ncc(C2CCCN(C)C2)cn1. The van der Waals surface area contributed by atoms with Crippen LogP contribution in [0.15, 0.2) is 12.4 Å². The van der Waals surface area contributed by atoms with Gasteiger partial charge in [-0.3, -0.25) is 0 Å². The third kappa shape index (κ3) is 2.45. The molecule has 1 aromatic rings. The van der Waals surface area contributed by atoms with Crippen molar-refractivity contribution in [2.24, 2.45) is 0 Å². The molecule has 1 aliphatic heterocycles. The maximum Gasteiger partial charge on any atom is 0.222 e. The molecule has 0 amide bonds. The molecule has 82 valence electrons. The van der Waals surface area contributed by atoms with Crippen molar-refractivity contribution < 1.29 is 0 Å². The van der Waals surface area contributed by atoms with Gasteiger partial charge in [0.05, 0.1) is 0 Å². The average molecular weight is 206 g/mol. The molecular weight excluding hydrogens is 188 g/mol. The van der Waals surface area contributed by atoms with Crippen LogP contribution in [-0.2, 0) is 0 Å². The zero-order valence-corrected chi connectivity index (χ0v) is 9.40. The largest absolute Gasteiger partial charge is 0.357 e. The second-order valence-electron chi connectivity index (χ2n) is 4.19. The van der Waals surface area contributed by atoms with Crippen LogP contribution in [0, 0.1) is 0 Å². The van der Waals surface area contributed by atoms with Crippen molar-refractivity contribution in [3.8, 4) is 0 Å². The molecule has 4 heteroatoms. The lowest BCUT2D eigenvalue weighted by atomic mass is 9.93. The van der Waals surface area contributed by atoms with E-state index in [1.54, 1.807) is 0 Å². The Labute approximate surface area is 90.7 Å². The predicted molar refractivity (Wildman–Crippen MR) is 61.1 cm³/mol. The standard InChI is InChI=1S/C11H18N4/c1-12-11-13-6-10(7-14-11)9-4-3-5-15(2)8-9/h6-7,9H,3-5,8H2,1-2H3,(H,12,13,14). The molecule has 4 nitrogen and oxygen atoms in total. The summed E-state index contributed by atoms with van der Waals surface area (Å²) in [6.45, 7) is 2.34. The molecule has 1 N–H and O–H groups in total. The topological polar surface area (TPSA) is 41.1 Å². The van der Waals surface area contributed by atoms with E-state index in [0.29, 0.717) is 11.9 Å². The quantitative estimate of drug-likeness (QED) is 0.792. The number of likely N-dealkylation sites (tertiary alicyclic amines) is 1. The van der Waals surface area contributed by atoms with Crippen LogP contribution in [0.3, 0.4) is 0 Å². The fourth-order valence-corrected chi connectivity index (χ4v) is 2.12. The minimum atomic E-state index is 0.606. The van der Waals surface area contributed by atoms with Gasteiger partial charge in [0, 0.05) is 26.0 Å². The summed E-state index contributed by atoms with van der Waals surface area (Å²) in [6, 6.07) is 0. The van der Waals surface area contributed by atoms with Crippen molar-refractivity contribution in [3.63, 3.8) is 0 Å². The fourth-order valence-electron chi connectivity index (χ4n) is 2.12. The zero-order valence-electron chi connectivity index (χ0n) is 9.40. The van der Waals surface area contributed by atoms with Gasteiger partial charge in [0.1, 0.15) is 0 Å². The number of anilines is 1. The first kappa shape index (κ1) is 10.4. The third-order valence-corrected chi connectivity index (χ3v) is 2.99. The van der Waals surface area contributed by atoms with Crippen LogP contribution in [0.2, 0.25) is 0 Å². The Balaban J connectivity index is 2.07. The van der Waals surface area contributed by atoms with E-state index in [0.717, 1.165) is 6.54 Å². The van der Waals surface area contributed by atoms with Crippen LogP contribution in [0.4, 0.5) is 5.95 Å². The Morgan fingerprint density at radius 1 is 1.40 bits per heavy atom. The minimum absolute atomic E-state index is 0.606. The maximum absolute atomic E-state index is 4.26. The first-order valence-corrected chi connectivity index (χ1v) is 5.48. The molecule has 0 saturated carbocycles. The average Bonchev–Trinajstić information content (AvgIpc) is 2.29. The molecule has 2 rings (SSSR count). The van der Waals surface area contributed by atoms with Crippen LogP contribution in [0.5, 0.6) is 0 Å². The van der Waals surface area contributed by atoms with E-state index in [2.05, 4.69) is 27.2 Å². The highest BCUT2D eigenvalue weighted by Gasteiger charge is 2.19. The lowest BCUT2D eigenvalue weighted by Crippen LogP contribution is -2.30. The van der Waals surface area contributed by atoms with E-state index < -0.39 is 0 Å². The van der Waals surface area contributed by atoms with Gasteiger partial charge in [0.25, 0.3) is 0 Å². The van der Waals surface area contributed by atoms with Crippen LogP contribution in [-0.4, -0.2) is 42.1 Å². The molecule has 0 aromatic carbocycles. The van der Waals surface area contributed by atoms with Crippen LogP contribution in [0.25, 0.3) is 0 Å². The summed E-state index contributed by atoms with van der Waals surface area (Å²) in [7, 11) is 4.01. The van der Waals surface area contributed by atoms with Gasteiger partial charge in [-0.05, 0) is 37.9 Å². The van der Waals surface area contributed by atoms with E-state index in [1.165, 1.54) is 24.9 Å². The fraction of sp³-hybridized carbons (Fsp3) is 0.636. The molecule has 2 heterocycles. The molecule has 1 atom stereocenters. The Hall–Kier alpha value is -1.16. The van der Waals surface area contributed by atoms with Gasteiger partial charge < -0.3 is 10.2 Å². The van der Waals surface area contributed by atoms with Crippen molar-refractivity contribution >= 4 is 5.95 Å². The number of aromatic nitrogens is 2. The molecule has 1 saturated heterocycles. The molecule has 1 aliphatic rings. The van der Waals surface area contributed by atoms with E-state index in [1.807, 2.05) is 19.4 Å². The number of nitrogens with zero attached hydrogens (tertiary/aromatic N) is 3. The Morgan fingerprint density at radius 2 is 2.13 bits per heavy atom. The van der Waals surface area contributed by atoms with Gasteiger partial charge in [0.2, 0.25) is 5.95 Å². The summed E-state index contributed by atoms with van der Waals surface area (Å²) in [5.74, 6) is 1.30. The molecule has 0 aliphatic carbocycles. The monoisotopic (exact) mass is 206 g/mol. The van der Waals surface area contributed by atoms with Gasteiger partial charge in [-0.1, -0.05) is 0 Å². The second-order valence-corrected chi connectivity index (χ2v) is 4.19. The smallest absolute Gasteiger partial charge is 0.222 e. The Kier molecular flexibility index (Phi) is 3.16. The molecule has 1 fully saturated rings. The summed E-state index contributed by atoms with van der Waals surface area (Å²) >= 11 is 0. The van der Waals surface area contributed by atoms with E-state index in [-0.39, 0.29) is 0 Å². The van der Waals surface area contributed by atoms with Gasteiger partial charge in [-0.15, -0.1) is 0 Å². The van der Waals surface area contributed by atoms with Crippen molar-refractivity contribution in [3.05, 3.63) is 18.0 Å². The third-order valence-electron chi connectivity index (χ3n) is 2.99. The summed E-state index contributed by atoms with van der Waals surface area (Å²) in [6.07, 6.45) is 6.42. The zero-order chi connectivity index (χ0) is 10.7. The number of piperidine rings is 1. The summed E-state index contributed by atoms with van der Waals surface area (Å²) in [4.78, 5) is 10.9. The Morgan fingerprint density at radius 3 is 2.73 bits per heavy atom. The molecule has 0 spiro atoms. The first-order chi connectivity index (χ1) is 7.29. The molecule has 1 unspecified atom stereocenters. The highest BCUT2D eigenvalue weighted by Crippen LogP contribution is 2.25. The molecule has 15 heavy (non-hydrogen) atoms. The molecule has 0 radical (unpaired) electrons. The van der Waals surface area contributed by atoms with Crippen molar-refractivity contribution in [1.29, 1.82) is 0 Å². The molecular formula is C11H18N4. The number of hydrogen-bond acceptors (Lipinski definition) is 4. The van der Waals surface area contributed by atoms with E-state index >= 15 is 0 Å². The van der Waals surface area contributed by atoms with Crippen LogP contribution >= 0.6 is 0 Å². The molecule has 0 bridgehead atoms. The summed E-state index contributed by atoms with van der Waals surface area (Å²) in [5, 5.41) is 2.93. The number of hydrogen-bond donors (Lipinski definition) is 1. The maximum atomic E-state index is 4.26. The number of likely N-dealkylation sites (N-methyl/N-ethyl adjacent to an activating group) is 1. The molecule has 1 aromatic heterocycles. The van der Waals surface area contributed by atoms with E-state index in [4.69, 9.17) is 0 Å². The second kappa shape index (κ2) is 4.57. The van der Waals surface area contributed by atoms with Crippen molar-refractivity contribution in [2.75, 3.05) is 32.5 Å². The van der Waals surface area contributed by atoms with E-state index in [9.17, 15) is 0 Å². The highest BCUT2D eigenvalue weighted by atomic mass is 15.1. The van der Waals surface area contributed by atoms with Gasteiger partial charge in [-0.25, -0.2) is 9.97 Å². The normalized spacial score (nSPS) is 22.7. The minimum Gasteiger partial charge on any atom is -0.357 e. The Bertz CT molecular complexity index is 309. The number of rotatable bonds is 2. The lowest BCUT2D eigenvalue weighted by Gasteiger charge is -2.29. The van der Waals surface area contributed by atoms with Crippen LogP contribution in [0.1, 0.15) is 24.3 Å². The predicted octanol–water partition coefficient (Wildman–Crippen LogP) is 1.33. The van der Waals surface area contributed by atoms with Gasteiger partial charge >= 0.3 is 0 Å². The van der Waals surface area contributed by atoms with Crippen molar-refractivity contribution in [2.45, 2.75) is 18.8 Å².